The van der Waals surface area contributed by atoms with E-state index in [1.54, 1.807) is 0 Å². The molecule has 1 aromatic heterocycles. The lowest BCUT2D eigenvalue weighted by Gasteiger charge is -2.22. The number of halogens is 1. The summed E-state index contributed by atoms with van der Waals surface area (Å²) in [6.45, 7) is 5.63. The van der Waals surface area contributed by atoms with E-state index in [4.69, 9.17) is 16.3 Å². The van der Waals surface area contributed by atoms with E-state index < -0.39 is 5.97 Å². The number of carbonyl (C=O) groups is 2. The summed E-state index contributed by atoms with van der Waals surface area (Å²) in [5.41, 5.74) is 3.66. The summed E-state index contributed by atoms with van der Waals surface area (Å²) >= 11 is 5.95. The molecule has 1 N–H and O–H groups in total. The number of carbonyl (C=O) groups excluding carboxylic acids is 2. The van der Waals surface area contributed by atoms with Crippen LogP contribution in [-0.2, 0) is 11.2 Å². The lowest BCUT2D eigenvalue weighted by atomic mass is 9.81. The number of ether oxygens (including phenoxy) is 1. The number of nitrogens with one attached hydrogen (secondary N) is 1. The summed E-state index contributed by atoms with van der Waals surface area (Å²) in [5, 5.41) is 0.678. The molecular weight excluding hydrogens is 338 g/mol. The number of rotatable bonds is 4. The van der Waals surface area contributed by atoms with Crippen LogP contribution in [0, 0.1) is 6.92 Å². The smallest absolute Gasteiger partial charge is 0.355 e. The highest BCUT2D eigenvalue weighted by Crippen LogP contribution is 2.35. The molecule has 2 unspecified atom stereocenters. The standard InChI is InChI=1S/C20H22ClNO3/c1-4-11(2)25-20(24)19-12(3)18-16(22-19)9-14(10-17(18)23)13-5-7-15(21)8-6-13/h5-8,11,14,22H,4,9-10H2,1-3H3. The first-order valence-electron chi connectivity index (χ1n) is 8.61. The third-order valence-corrected chi connectivity index (χ3v) is 5.17. The summed E-state index contributed by atoms with van der Waals surface area (Å²) in [7, 11) is 0. The quantitative estimate of drug-likeness (QED) is 0.794. The third-order valence-electron chi connectivity index (χ3n) is 4.92. The van der Waals surface area contributed by atoms with Crippen LogP contribution < -0.4 is 0 Å². The van der Waals surface area contributed by atoms with E-state index in [-0.39, 0.29) is 17.8 Å². The van der Waals surface area contributed by atoms with Crippen molar-refractivity contribution in [2.45, 2.75) is 52.1 Å². The van der Waals surface area contributed by atoms with Crippen molar-refractivity contribution in [2.75, 3.05) is 0 Å². The molecule has 0 fully saturated rings. The van der Waals surface area contributed by atoms with Crippen LogP contribution in [0.4, 0.5) is 0 Å². The van der Waals surface area contributed by atoms with Crippen molar-refractivity contribution in [3.63, 3.8) is 0 Å². The molecule has 1 aliphatic rings. The average molecular weight is 360 g/mol. The minimum Gasteiger partial charge on any atom is -0.458 e. The molecule has 0 radical (unpaired) electrons. The second-order valence-electron chi connectivity index (χ2n) is 6.68. The maximum atomic E-state index is 12.7. The Kier molecular flexibility index (Phi) is 5.00. The number of esters is 1. The summed E-state index contributed by atoms with van der Waals surface area (Å²) < 4.78 is 5.41. The molecule has 0 spiro atoms. The van der Waals surface area contributed by atoms with Crippen LogP contribution >= 0.6 is 11.6 Å². The van der Waals surface area contributed by atoms with Gasteiger partial charge in [-0.25, -0.2) is 4.79 Å². The lowest BCUT2D eigenvalue weighted by Crippen LogP contribution is -2.18. The number of H-pyrrole nitrogens is 1. The van der Waals surface area contributed by atoms with Crippen molar-refractivity contribution < 1.29 is 14.3 Å². The fourth-order valence-corrected chi connectivity index (χ4v) is 3.46. The Bertz CT molecular complexity index is 807. The summed E-state index contributed by atoms with van der Waals surface area (Å²) in [4.78, 5) is 28.2. The molecule has 5 heteroatoms. The van der Waals surface area contributed by atoms with E-state index in [2.05, 4.69) is 4.98 Å². The van der Waals surface area contributed by atoms with Gasteiger partial charge in [0.2, 0.25) is 0 Å². The Morgan fingerprint density at radius 2 is 2.00 bits per heavy atom. The largest absolute Gasteiger partial charge is 0.458 e. The number of ketones is 1. The molecule has 132 valence electrons. The van der Waals surface area contributed by atoms with Crippen molar-refractivity contribution in [3.8, 4) is 0 Å². The molecule has 4 nitrogen and oxygen atoms in total. The van der Waals surface area contributed by atoms with Crippen molar-refractivity contribution >= 4 is 23.4 Å². The zero-order chi connectivity index (χ0) is 18.1. The van der Waals surface area contributed by atoms with Crippen molar-refractivity contribution in [1.29, 1.82) is 0 Å². The zero-order valence-electron chi connectivity index (χ0n) is 14.7. The van der Waals surface area contributed by atoms with Gasteiger partial charge in [0, 0.05) is 22.7 Å². The summed E-state index contributed by atoms with van der Waals surface area (Å²) in [5.74, 6) is -0.233. The molecule has 1 aliphatic carbocycles. The second-order valence-corrected chi connectivity index (χ2v) is 7.12. The van der Waals surface area contributed by atoms with Crippen LogP contribution in [0.2, 0.25) is 5.02 Å². The van der Waals surface area contributed by atoms with Gasteiger partial charge in [0.1, 0.15) is 5.69 Å². The molecule has 1 aromatic carbocycles. The first-order valence-corrected chi connectivity index (χ1v) is 8.99. The molecule has 0 saturated heterocycles. The maximum Gasteiger partial charge on any atom is 0.355 e. The van der Waals surface area contributed by atoms with E-state index in [1.807, 2.05) is 45.0 Å². The average Bonchev–Trinajstić information content (AvgIpc) is 2.92. The van der Waals surface area contributed by atoms with Crippen LogP contribution in [0.3, 0.4) is 0 Å². The van der Waals surface area contributed by atoms with E-state index in [0.29, 0.717) is 34.7 Å². The van der Waals surface area contributed by atoms with Gasteiger partial charge in [-0.05, 0) is 55.9 Å². The van der Waals surface area contributed by atoms with Crippen LogP contribution in [0.1, 0.15) is 70.3 Å². The monoisotopic (exact) mass is 359 g/mol. The van der Waals surface area contributed by atoms with Gasteiger partial charge >= 0.3 is 5.97 Å². The molecule has 0 amide bonds. The van der Waals surface area contributed by atoms with E-state index in [0.717, 1.165) is 17.7 Å². The molecular formula is C20H22ClNO3. The molecule has 1 heterocycles. The number of benzene rings is 1. The predicted molar refractivity (Wildman–Crippen MR) is 97.5 cm³/mol. The summed E-state index contributed by atoms with van der Waals surface area (Å²) in [6.07, 6.45) is 1.74. The minimum absolute atomic E-state index is 0.0672. The third kappa shape index (κ3) is 3.49. The van der Waals surface area contributed by atoms with Gasteiger partial charge in [0.25, 0.3) is 0 Å². The number of Topliss-reactive ketones (excluding diaryl/α,β-unsaturated/α-hetero) is 1. The van der Waals surface area contributed by atoms with Gasteiger partial charge < -0.3 is 9.72 Å². The van der Waals surface area contributed by atoms with Crippen LogP contribution in [-0.4, -0.2) is 22.8 Å². The van der Waals surface area contributed by atoms with Crippen molar-refractivity contribution in [2.24, 2.45) is 0 Å². The fraction of sp³-hybridized carbons (Fsp3) is 0.400. The number of hydrogen-bond acceptors (Lipinski definition) is 3. The highest BCUT2D eigenvalue weighted by atomic mass is 35.5. The first kappa shape index (κ1) is 17.7. The molecule has 25 heavy (non-hydrogen) atoms. The SMILES string of the molecule is CCC(C)OC(=O)c1[nH]c2c(c1C)C(=O)CC(c1ccc(Cl)cc1)C2. The number of aromatic nitrogens is 1. The van der Waals surface area contributed by atoms with Crippen LogP contribution in [0.15, 0.2) is 24.3 Å². The van der Waals surface area contributed by atoms with Gasteiger partial charge in [0.05, 0.1) is 6.10 Å². The molecule has 0 bridgehead atoms. The Balaban J connectivity index is 1.89. The highest BCUT2D eigenvalue weighted by Gasteiger charge is 2.32. The van der Waals surface area contributed by atoms with Crippen molar-refractivity contribution in [1.82, 2.24) is 4.98 Å². The van der Waals surface area contributed by atoms with Crippen LogP contribution in [0.25, 0.3) is 0 Å². The van der Waals surface area contributed by atoms with Gasteiger partial charge in [-0.1, -0.05) is 30.7 Å². The Morgan fingerprint density at radius 1 is 1.32 bits per heavy atom. The van der Waals surface area contributed by atoms with Gasteiger partial charge in [-0.2, -0.15) is 0 Å². The predicted octanol–water partition coefficient (Wildman–Crippen LogP) is 4.84. The zero-order valence-corrected chi connectivity index (χ0v) is 15.4. The number of hydrogen-bond donors (Lipinski definition) is 1. The Morgan fingerprint density at radius 3 is 2.64 bits per heavy atom. The van der Waals surface area contributed by atoms with E-state index in [1.165, 1.54) is 0 Å². The molecule has 2 aromatic rings. The first-order chi connectivity index (χ1) is 11.9. The van der Waals surface area contributed by atoms with Crippen molar-refractivity contribution in [3.05, 3.63) is 57.4 Å². The van der Waals surface area contributed by atoms with Gasteiger partial charge in [0.15, 0.2) is 5.78 Å². The molecule has 3 rings (SSSR count). The molecule has 2 atom stereocenters. The summed E-state index contributed by atoms with van der Waals surface area (Å²) in [6, 6.07) is 7.59. The number of aromatic amines is 1. The van der Waals surface area contributed by atoms with Gasteiger partial charge in [-0.15, -0.1) is 0 Å². The molecule has 0 saturated carbocycles. The highest BCUT2D eigenvalue weighted by molar-refractivity contribution is 6.30. The van der Waals surface area contributed by atoms with Gasteiger partial charge in [-0.3, -0.25) is 4.79 Å². The molecule has 0 aliphatic heterocycles. The lowest BCUT2D eigenvalue weighted by molar-refractivity contribution is 0.0327. The Hall–Kier alpha value is -2.07. The van der Waals surface area contributed by atoms with Crippen LogP contribution in [0.5, 0.6) is 0 Å². The van der Waals surface area contributed by atoms with E-state index in [9.17, 15) is 9.59 Å². The minimum atomic E-state index is -0.392. The Labute approximate surface area is 152 Å². The normalized spacial score (nSPS) is 17.9. The number of fused-ring (bicyclic) bond motifs is 1. The fourth-order valence-electron chi connectivity index (χ4n) is 3.33. The van der Waals surface area contributed by atoms with E-state index >= 15 is 0 Å². The topological polar surface area (TPSA) is 59.2 Å². The maximum absolute atomic E-state index is 12.7. The second kappa shape index (κ2) is 7.04.